The van der Waals surface area contributed by atoms with Crippen LogP contribution in [0.2, 0.25) is 0 Å². The molecule has 0 spiro atoms. The molecule has 0 unspecified atom stereocenters. The zero-order valence-electron chi connectivity index (χ0n) is 11.1. The molecule has 1 atom stereocenters. The Morgan fingerprint density at radius 2 is 2.26 bits per heavy atom. The van der Waals surface area contributed by atoms with Crippen LogP contribution in [0.25, 0.3) is 0 Å². The van der Waals surface area contributed by atoms with Gasteiger partial charge in [0.15, 0.2) is 0 Å². The van der Waals surface area contributed by atoms with E-state index in [9.17, 15) is 0 Å². The summed E-state index contributed by atoms with van der Waals surface area (Å²) < 4.78 is 8.90. The third kappa shape index (κ3) is 3.58. The summed E-state index contributed by atoms with van der Waals surface area (Å²) in [5, 5.41) is 0. The van der Waals surface area contributed by atoms with Gasteiger partial charge >= 0.3 is 0 Å². The van der Waals surface area contributed by atoms with Crippen molar-refractivity contribution in [3.05, 3.63) is 46.5 Å². The molecule has 0 aliphatic rings. The number of hydrogen-bond acceptors (Lipinski definition) is 3. The fraction of sp³-hybridized carbons (Fsp3) is 0.357. The lowest BCUT2D eigenvalue weighted by Gasteiger charge is -2.15. The normalized spacial score (nSPS) is 12.4. The van der Waals surface area contributed by atoms with Crippen molar-refractivity contribution in [2.24, 2.45) is 5.73 Å². The Morgan fingerprint density at radius 1 is 1.47 bits per heavy atom. The predicted octanol–water partition coefficient (Wildman–Crippen LogP) is 3.05. The van der Waals surface area contributed by atoms with Gasteiger partial charge in [-0.3, -0.25) is 0 Å². The standard InChI is InChI=1S/C14H18BrN3O/c1-10(16)13-4-3-12(15)9-14(13)19-8-7-18-6-5-17-11(18)2/h3-6,9-10H,7-8,16H2,1-2H3/t10-/m1/s1. The number of hydrogen-bond donors (Lipinski definition) is 1. The smallest absolute Gasteiger partial charge is 0.125 e. The Balaban J connectivity index is 2.03. The van der Waals surface area contributed by atoms with Crippen molar-refractivity contribution in [1.82, 2.24) is 9.55 Å². The van der Waals surface area contributed by atoms with Crippen LogP contribution in [0.1, 0.15) is 24.4 Å². The van der Waals surface area contributed by atoms with Crippen LogP contribution in [0.3, 0.4) is 0 Å². The molecule has 2 aromatic rings. The molecule has 4 nitrogen and oxygen atoms in total. The molecule has 0 aliphatic carbocycles. The minimum atomic E-state index is -0.0434. The van der Waals surface area contributed by atoms with E-state index in [1.165, 1.54) is 0 Å². The molecular weight excluding hydrogens is 306 g/mol. The molecular formula is C14H18BrN3O. The van der Waals surface area contributed by atoms with Gasteiger partial charge in [-0.2, -0.15) is 0 Å². The van der Waals surface area contributed by atoms with E-state index in [4.69, 9.17) is 10.5 Å². The highest BCUT2D eigenvalue weighted by molar-refractivity contribution is 9.10. The summed E-state index contributed by atoms with van der Waals surface area (Å²) in [5.74, 6) is 1.83. The molecule has 0 saturated carbocycles. The minimum Gasteiger partial charge on any atom is -0.491 e. The van der Waals surface area contributed by atoms with Crippen LogP contribution in [-0.2, 0) is 6.54 Å². The lowest BCUT2D eigenvalue weighted by molar-refractivity contribution is 0.293. The minimum absolute atomic E-state index is 0.0434. The van der Waals surface area contributed by atoms with Crippen molar-refractivity contribution in [1.29, 1.82) is 0 Å². The van der Waals surface area contributed by atoms with E-state index in [2.05, 4.69) is 25.5 Å². The number of aromatic nitrogens is 2. The number of aryl methyl sites for hydroxylation is 1. The maximum atomic E-state index is 5.94. The molecule has 0 amide bonds. The largest absolute Gasteiger partial charge is 0.491 e. The van der Waals surface area contributed by atoms with E-state index < -0.39 is 0 Å². The maximum Gasteiger partial charge on any atom is 0.125 e. The molecule has 5 heteroatoms. The second-order valence-corrected chi connectivity index (χ2v) is 5.40. The lowest BCUT2D eigenvalue weighted by Crippen LogP contribution is -2.12. The van der Waals surface area contributed by atoms with Crippen LogP contribution in [0, 0.1) is 6.92 Å². The molecule has 0 aliphatic heterocycles. The number of rotatable bonds is 5. The molecule has 102 valence electrons. The van der Waals surface area contributed by atoms with Crippen LogP contribution < -0.4 is 10.5 Å². The average Bonchev–Trinajstić information content (AvgIpc) is 2.75. The molecule has 1 heterocycles. The van der Waals surface area contributed by atoms with E-state index in [1.54, 1.807) is 6.20 Å². The number of nitrogens with zero attached hydrogens (tertiary/aromatic N) is 2. The van der Waals surface area contributed by atoms with Gasteiger partial charge in [0.1, 0.15) is 18.2 Å². The van der Waals surface area contributed by atoms with Crippen LogP contribution >= 0.6 is 15.9 Å². The van der Waals surface area contributed by atoms with Crippen LogP contribution in [0.5, 0.6) is 5.75 Å². The molecule has 0 bridgehead atoms. The van der Waals surface area contributed by atoms with Crippen molar-refractivity contribution in [3.63, 3.8) is 0 Å². The fourth-order valence-electron chi connectivity index (χ4n) is 1.90. The Kier molecular flexibility index (Phi) is 4.61. The van der Waals surface area contributed by atoms with Gasteiger partial charge in [0.05, 0.1) is 6.54 Å². The Labute approximate surface area is 121 Å². The summed E-state index contributed by atoms with van der Waals surface area (Å²) in [6, 6.07) is 5.88. The van der Waals surface area contributed by atoms with Crippen LogP contribution in [0.4, 0.5) is 0 Å². The van der Waals surface area contributed by atoms with Crippen molar-refractivity contribution in [2.45, 2.75) is 26.4 Å². The second kappa shape index (κ2) is 6.21. The average molecular weight is 324 g/mol. The molecule has 0 saturated heterocycles. The molecule has 19 heavy (non-hydrogen) atoms. The molecule has 1 aromatic heterocycles. The van der Waals surface area contributed by atoms with Gasteiger partial charge in [-0.15, -0.1) is 0 Å². The molecule has 0 radical (unpaired) electrons. The monoisotopic (exact) mass is 323 g/mol. The van der Waals surface area contributed by atoms with Gasteiger partial charge in [-0.05, 0) is 26.0 Å². The van der Waals surface area contributed by atoms with E-state index in [0.717, 1.165) is 28.2 Å². The first-order chi connectivity index (χ1) is 9.08. The highest BCUT2D eigenvalue weighted by atomic mass is 79.9. The van der Waals surface area contributed by atoms with Crippen molar-refractivity contribution >= 4 is 15.9 Å². The number of benzene rings is 1. The maximum absolute atomic E-state index is 5.94. The Morgan fingerprint density at radius 3 is 2.89 bits per heavy atom. The zero-order chi connectivity index (χ0) is 13.8. The second-order valence-electron chi connectivity index (χ2n) is 4.49. The number of imidazole rings is 1. The zero-order valence-corrected chi connectivity index (χ0v) is 12.7. The van der Waals surface area contributed by atoms with Gasteiger partial charge in [0.2, 0.25) is 0 Å². The third-order valence-corrected chi connectivity index (χ3v) is 3.47. The summed E-state index contributed by atoms with van der Waals surface area (Å²) in [4.78, 5) is 4.18. The van der Waals surface area contributed by atoms with Gasteiger partial charge in [-0.1, -0.05) is 22.0 Å². The van der Waals surface area contributed by atoms with Crippen molar-refractivity contribution in [3.8, 4) is 5.75 Å². The summed E-state index contributed by atoms with van der Waals surface area (Å²) >= 11 is 3.45. The summed E-state index contributed by atoms with van der Waals surface area (Å²) in [6.07, 6.45) is 3.74. The predicted molar refractivity (Wildman–Crippen MR) is 79.2 cm³/mol. The summed E-state index contributed by atoms with van der Waals surface area (Å²) in [7, 11) is 0. The van der Waals surface area contributed by atoms with Gasteiger partial charge < -0.3 is 15.0 Å². The topological polar surface area (TPSA) is 53.1 Å². The molecule has 2 rings (SSSR count). The Bertz CT molecular complexity index is 551. The van der Waals surface area contributed by atoms with Crippen LogP contribution in [-0.4, -0.2) is 16.2 Å². The van der Waals surface area contributed by atoms with E-state index in [-0.39, 0.29) is 6.04 Å². The van der Waals surface area contributed by atoms with E-state index in [0.29, 0.717) is 6.61 Å². The third-order valence-electron chi connectivity index (χ3n) is 2.98. The SMILES string of the molecule is Cc1nccn1CCOc1cc(Br)ccc1[C@@H](C)N. The van der Waals surface area contributed by atoms with Gasteiger partial charge in [0, 0.05) is 28.5 Å². The van der Waals surface area contributed by atoms with Gasteiger partial charge in [-0.25, -0.2) is 4.98 Å². The van der Waals surface area contributed by atoms with E-state index in [1.807, 2.05) is 38.2 Å². The Hall–Kier alpha value is -1.33. The highest BCUT2D eigenvalue weighted by Gasteiger charge is 2.09. The van der Waals surface area contributed by atoms with Gasteiger partial charge in [0.25, 0.3) is 0 Å². The lowest BCUT2D eigenvalue weighted by atomic mass is 10.1. The van der Waals surface area contributed by atoms with Crippen LogP contribution in [0.15, 0.2) is 35.1 Å². The van der Waals surface area contributed by atoms with E-state index >= 15 is 0 Å². The van der Waals surface area contributed by atoms with Crippen molar-refractivity contribution < 1.29 is 4.74 Å². The van der Waals surface area contributed by atoms with Crippen molar-refractivity contribution in [2.75, 3.05) is 6.61 Å². The molecule has 0 fully saturated rings. The first-order valence-corrected chi connectivity index (χ1v) is 7.03. The summed E-state index contributed by atoms with van der Waals surface area (Å²) in [5.41, 5.74) is 6.96. The quantitative estimate of drug-likeness (QED) is 0.920. The number of nitrogens with two attached hydrogens (primary N) is 1. The first-order valence-electron chi connectivity index (χ1n) is 6.23. The fourth-order valence-corrected chi connectivity index (χ4v) is 2.24. The number of ether oxygens (including phenoxy) is 1. The highest BCUT2D eigenvalue weighted by Crippen LogP contribution is 2.27. The molecule has 1 aromatic carbocycles. The summed E-state index contributed by atoms with van der Waals surface area (Å²) in [6.45, 7) is 5.30. The number of halogens is 1. The molecule has 2 N–H and O–H groups in total. The first kappa shape index (κ1) is 14.1.